The Morgan fingerprint density at radius 3 is 2.44 bits per heavy atom. The summed E-state index contributed by atoms with van der Waals surface area (Å²) in [5, 5.41) is 11.5. The number of aliphatic carboxylic acids is 1. The fourth-order valence-corrected chi connectivity index (χ4v) is 1.36. The van der Waals surface area contributed by atoms with Gasteiger partial charge < -0.3 is 15.3 Å². The summed E-state index contributed by atoms with van der Waals surface area (Å²) in [5.74, 6) is -1.52. The molecule has 0 atom stereocenters. The lowest BCUT2D eigenvalue weighted by Gasteiger charge is -2.20. The Balaban J connectivity index is 2.26. The standard InChI is InChI=1S/C11H20N2O3/c1-11(2,10(15)16)9(14)12-6-7-13(3)8-4-5-8/h8H,4-7H2,1-3H3,(H,12,14)(H,15,16). The molecule has 0 saturated heterocycles. The van der Waals surface area contributed by atoms with Gasteiger partial charge in [0.2, 0.25) is 5.91 Å². The first-order valence-corrected chi connectivity index (χ1v) is 5.57. The van der Waals surface area contributed by atoms with Crippen molar-refractivity contribution in [3.05, 3.63) is 0 Å². The van der Waals surface area contributed by atoms with Crippen molar-refractivity contribution in [2.45, 2.75) is 32.7 Å². The van der Waals surface area contributed by atoms with E-state index >= 15 is 0 Å². The Bertz CT molecular complexity index is 285. The van der Waals surface area contributed by atoms with Crippen LogP contribution in [0.25, 0.3) is 0 Å². The van der Waals surface area contributed by atoms with E-state index in [4.69, 9.17) is 5.11 Å². The van der Waals surface area contributed by atoms with E-state index in [1.54, 1.807) is 0 Å². The Labute approximate surface area is 95.8 Å². The first-order valence-electron chi connectivity index (χ1n) is 5.57. The van der Waals surface area contributed by atoms with E-state index in [0.29, 0.717) is 12.6 Å². The van der Waals surface area contributed by atoms with Crippen LogP contribution in [0.5, 0.6) is 0 Å². The molecule has 0 radical (unpaired) electrons. The third kappa shape index (κ3) is 3.20. The quantitative estimate of drug-likeness (QED) is 0.642. The van der Waals surface area contributed by atoms with Crippen LogP contribution in [-0.2, 0) is 9.59 Å². The van der Waals surface area contributed by atoms with E-state index in [2.05, 4.69) is 10.2 Å². The molecule has 1 aliphatic rings. The van der Waals surface area contributed by atoms with Crippen LogP contribution in [0.3, 0.4) is 0 Å². The molecule has 1 saturated carbocycles. The molecule has 5 nitrogen and oxygen atoms in total. The molecule has 2 N–H and O–H groups in total. The number of nitrogens with one attached hydrogen (secondary N) is 1. The molecule has 0 aromatic rings. The molecule has 0 aromatic carbocycles. The van der Waals surface area contributed by atoms with Crippen LogP contribution >= 0.6 is 0 Å². The summed E-state index contributed by atoms with van der Waals surface area (Å²) in [6, 6.07) is 0.657. The zero-order valence-electron chi connectivity index (χ0n) is 10.1. The number of likely N-dealkylation sites (N-methyl/N-ethyl adjacent to an activating group) is 1. The number of rotatable bonds is 6. The molecular formula is C11H20N2O3. The van der Waals surface area contributed by atoms with Gasteiger partial charge in [0.1, 0.15) is 5.41 Å². The molecule has 0 spiro atoms. The van der Waals surface area contributed by atoms with Gasteiger partial charge in [0, 0.05) is 19.1 Å². The van der Waals surface area contributed by atoms with Gasteiger partial charge in [-0.25, -0.2) is 0 Å². The van der Waals surface area contributed by atoms with Crippen LogP contribution in [0.2, 0.25) is 0 Å². The molecule has 0 aliphatic heterocycles. The molecule has 1 amide bonds. The van der Waals surface area contributed by atoms with Gasteiger partial charge in [-0.05, 0) is 33.7 Å². The highest BCUT2D eigenvalue weighted by Crippen LogP contribution is 2.24. The molecule has 16 heavy (non-hydrogen) atoms. The number of hydrogen-bond acceptors (Lipinski definition) is 3. The van der Waals surface area contributed by atoms with E-state index in [9.17, 15) is 9.59 Å². The van der Waals surface area contributed by atoms with Gasteiger partial charge >= 0.3 is 5.97 Å². The highest BCUT2D eigenvalue weighted by Gasteiger charge is 2.35. The van der Waals surface area contributed by atoms with Gasteiger partial charge in [0.05, 0.1) is 0 Å². The van der Waals surface area contributed by atoms with Crippen molar-refractivity contribution in [3.63, 3.8) is 0 Å². The summed E-state index contributed by atoms with van der Waals surface area (Å²) in [5.41, 5.74) is -1.35. The SMILES string of the molecule is CN(CCNC(=O)C(C)(C)C(=O)O)C1CC1. The van der Waals surface area contributed by atoms with E-state index in [1.165, 1.54) is 26.7 Å². The third-order valence-electron chi connectivity index (χ3n) is 3.02. The summed E-state index contributed by atoms with van der Waals surface area (Å²) in [6.07, 6.45) is 2.45. The second kappa shape index (κ2) is 4.82. The highest BCUT2D eigenvalue weighted by molar-refractivity contribution is 6.00. The van der Waals surface area contributed by atoms with Gasteiger partial charge in [0.15, 0.2) is 0 Å². The maximum Gasteiger partial charge on any atom is 0.318 e. The number of carbonyl (C=O) groups is 2. The molecular weight excluding hydrogens is 208 g/mol. The number of carboxylic acid groups (broad SMARTS) is 1. The van der Waals surface area contributed by atoms with E-state index in [1.807, 2.05) is 7.05 Å². The van der Waals surface area contributed by atoms with E-state index < -0.39 is 17.3 Å². The maximum atomic E-state index is 11.6. The summed E-state index contributed by atoms with van der Waals surface area (Å²) in [6.45, 7) is 4.10. The number of nitrogens with zero attached hydrogens (tertiary/aromatic N) is 1. The molecule has 1 aliphatic carbocycles. The largest absolute Gasteiger partial charge is 0.480 e. The Morgan fingerprint density at radius 2 is 2.00 bits per heavy atom. The summed E-state index contributed by atoms with van der Waals surface area (Å²) in [4.78, 5) is 24.6. The zero-order chi connectivity index (χ0) is 12.3. The average molecular weight is 228 g/mol. The molecule has 5 heteroatoms. The number of hydrogen-bond donors (Lipinski definition) is 2. The fraction of sp³-hybridized carbons (Fsp3) is 0.818. The smallest absolute Gasteiger partial charge is 0.318 e. The predicted molar refractivity (Wildman–Crippen MR) is 60.1 cm³/mol. The average Bonchev–Trinajstić information content (AvgIpc) is 3.00. The van der Waals surface area contributed by atoms with Crippen LogP contribution in [0.15, 0.2) is 0 Å². The lowest BCUT2D eigenvalue weighted by molar-refractivity contribution is -0.153. The number of carboxylic acids is 1. The fourth-order valence-electron chi connectivity index (χ4n) is 1.36. The topological polar surface area (TPSA) is 69.6 Å². The predicted octanol–water partition coefficient (Wildman–Crippen LogP) is 0.308. The van der Waals surface area contributed by atoms with Gasteiger partial charge in [-0.2, -0.15) is 0 Å². The Hall–Kier alpha value is -1.10. The first kappa shape index (κ1) is 13.0. The number of carbonyl (C=O) groups excluding carboxylic acids is 1. The minimum atomic E-state index is -1.35. The third-order valence-corrected chi connectivity index (χ3v) is 3.02. The van der Waals surface area contributed by atoms with Crippen LogP contribution in [0.4, 0.5) is 0 Å². The van der Waals surface area contributed by atoms with Gasteiger partial charge in [0.25, 0.3) is 0 Å². The van der Waals surface area contributed by atoms with Crippen LogP contribution < -0.4 is 5.32 Å². The normalized spacial score (nSPS) is 16.2. The first-order chi connectivity index (χ1) is 7.35. The molecule has 0 bridgehead atoms. The summed E-state index contributed by atoms with van der Waals surface area (Å²) < 4.78 is 0. The van der Waals surface area contributed by atoms with Crippen molar-refractivity contribution < 1.29 is 14.7 Å². The summed E-state index contributed by atoms with van der Waals surface area (Å²) in [7, 11) is 2.02. The minimum Gasteiger partial charge on any atom is -0.480 e. The maximum absolute atomic E-state index is 11.6. The van der Waals surface area contributed by atoms with Crippen LogP contribution in [0.1, 0.15) is 26.7 Å². The molecule has 0 aromatic heterocycles. The van der Waals surface area contributed by atoms with Gasteiger partial charge in [-0.1, -0.05) is 0 Å². The summed E-state index contributed by atoms with van der Waals surface area (Å²) >= 11 is 0. The Kier molecular flexibility index (Phi) is 3.91. The van der Waals surface area contributed by atoms with Crippen LogP contribution in [-0.4, -0.2) is 48.1 Å². The minimum absolute atomic E-state index is 0.427. The lowest BCUT2D eigenvalue weighted by Crippen LogP contribution is -2.44. The van der Waals surface area contributed by atoms with E-state index in [-0.39, 0.29) is 0 Å². The molecule has 92 valence electrons. The van der Waals surface area contributed by atoms with Gasteiger partial charge in [-0.15, -0.1) is 0 Å². The van der Waals surface area contributed by atoms with Crippen molar-refractivity contribution in [2.75, 3.05) is 20.1 Å². The Morgan fingerprint density at radius 1 is 1.44 bits per heavy atom. The second-order valence-corrected chi connectivity index (χ2v) is 4.90. The lowest BCUT2D eigenvalue weighted by atomic mass is 9.93. The van der Waals surface area contributed by atoms with Crippen LogP contribution in [0, 0.1) is 5.41 Å². The van der Waals surface area contributed by atoms with Crippen molar-refractivity contribution in [1.29, 1.82) is 0 Å². The molecule has 0 unspecified atom stereocenters. The van der Waals surface area contributed by atoms with Crippen molar-refractivity contribution >= 4 is 11.9 Å². The number of amides is 1. The monoisotopic (exact) mass is 228 g/mol. The van der Waals surface area contributed by atoms with Crippen molar-refractivity contribution in [2.24, 2.45) is 5.41 Å². The van der Waals surface area contributed by atoms with Crippen molar-refractivity contribution in [1.82, 2.24) is 10.2 Å². The molecule has 1 fully saturated rings. The molecule has 0 heterocycles. The highest BCUT2D eigenvalue weighted by atomic mass is 16.4. The second-order valence-electron chi connectivity index (χ2n) is 4.90. The zero-order valence-corrected chi connectivity index (χ0v) is 10.1. The van der Waals surface area contributed by atoms with Gasteiger partial charge in [-0.3, -0.25) is 9.59 Å². The van der Waals surface area contributed by atoms with E-state index in [0.717, 1.165) is 6.54 Å². The molecule has 1 rings (SSSR count). The van der Waals surface area contributed by atoms with Crippen molar-refractivity contribution in [3.8, 4) is 0 Å².